The monoisotopic (exact) mass is 301 g/mol. The van der Waals surface area contributed by atoms with Crippen molar-refractivity contribution in [3.8, 4) is 0 Å². The van der Waals surface area contributed by atoms with Crippen LogP contribution in [0, 0.1) is 0 Å². The first-order valence-corrected chi connectivity index (χ1v) is 7.75. The minimum Gasteiger partial charge on any atom is -0.311 e. The van der Waals surface area contributed by atoms with Gasteiger partial charge in [-0.3, -0.25) is 0 Å². The molecule has 1 atom stereocenters. The van der Waals surface area contributed by atoms with Crippen LogP contribution in [-0.4, -0.2) is 6.29 Å². The molecule has 0 aliphatic rings. The minimum atomic E-state index is -0.0778. The molecule has 3 rings (SSSR count). The zero-order valence-electron chi connectivity index (χ0n) is 13.1. The summed E-state index contributed by atoms with van der Waals surface area (Å²) >= 11 is 0. The number of hydrogen-bond acceptors (Lipinski definition) is 2. The van der Waals surface area contributed by atoms with Gasteiger partial charge in [-0.15, -0.1) is 0 Å². The topological polar surface area (TPSA) is 20.3 Å². The van der Waals surface area contributed by atoms with E-state index in [2.05, 4.69) is 41.3 Å². The van der Waals surface area contributed by atoms with Gasteiger partial charge in [0.1, 0.15) is 6.29 Å². The Kier molecular flexibility index (Phi) is 4.53. The third-order valence-electron chi connectivity index (χ3n) is 3.91. The van der Waals surface area contributed by atoms with Crippen molar-refractivity contribution in [1.82, 2.24) is 0 Å². The molecule has 0 amide bonds. The molecular formula is C21H19NO. The summed E-state index contributed by atoms with van der Waals surface area (Å²) in [5.41, 5.74) is 4.32. The van der Waals surface area contributed by atoms with Gasteiger partial charge >= 0.3 is 0 Å². The van der Waals surface area contributed by atoms with Gasteiger partial charge < -0.3 is 9.69 Å². The van der Waals surface area contributed by atoms with E-state index in [9.17, 15) is 4.79 Å². The number of nitrogens with zero attached hydrogens (tertiary/aromatic N) is 1. The molecule has 0 saturated carbocycles. The first kappa shape index (κ1) is 15.0. The minimum absolute atomic E-state index is 0.0778. The molecule has 0 spiro atoms. The van der Waals surface area contributed by atoms with Crippen molar-refractivity contribution in [2.75, 3.05) is 4.90 Å². The Bertz CT molecular complexity index is 711. The van der Waals surface area contributed by atoms with Crippen LogP contribution in [0.1, 0.15) is 18.4 Å². The quantitative estimate of drug-likeness (QED) is 0.583. The van der Waals surface area contributed by atoms with E-state index in [1.54, 1.807) is 0 Å². The van der Waals surface area contributed by atoms with Crippen LogP contribution in [0.15, 0.2) is 84.9 Å². The van der Waals surface area contributed by atoms with E-state index in [0.717, 1.165) is 28.9 Å². The fraction of sp³-hybridized carbons (Fsp3) is 0.0952. The fourth-order valence-electron chi connectivity index (χ4n) is 2.61. The summed E-state index contributed by atoms with van der Waals surface area (Å²) in [5.74, 6) is -0.0778. The maximum absolute atomic E-state index is 11.0. The van der Waals surface area contributed by atoms with Crippen molar-refractivity contribution >= 4 is 23.3 Å². The lowest BCUT2D eigenvalue weighted by atomic mass is 10.0. The molecule has 2 heteroatoms. The van der Waals surface area contributed by atoms with Crippen molar-refractivity contribution in [3.63, 3.8) is 0 Å². The van der Waals surface area contributed by atoms with E-state index in [-0.39, 0.29) is 5.92 Å². The molecule has 0 N–H and O–H groups in total. The first-order valence-electron chi connectivity index (χ1n) is 7.75. The van der Waals surface area contributed by atoms with Crippen LogP contribution >= 0.6 is 0 Å². The Hall–Kier alpha value is -2.87. The second-order valence-electron chi connectivity index (χ2n) is 5.52. The van der Waals surface area contributed by atoms with Gasteiger partial charge in [-0.25, -0.2) is 0 Å². The molecule has 2 nitrogen and oxygen atoms in total. The average Bonchev–Trinajstić information content (AvgIpc) is 2.64. The molecule has 0 bridgehead atoms. The molecule has 0 aromatic heterocycles. The van der Waals surface area contributed by atoms with E-state index in [4.69, 9.17) is 0 Å². The van der Waals surface area contributed by atoms with Crippen LogP contribution in [0.2, 0.25) is 0 Å². The molecule has 23 heavy (non-hydrogen) atoms. The Labute approximate surface area is 137 Å². The van der Waals surface area contributed by atoms with Gasteiger partial charge in [-0.05, 0) is 42.0 Å². The number of anilines is 3. The first-order chi connectivity index (χ1) is 11.3. The molecule has 114 valence electrons. The molecule has 0 fully saturated rings. The molecule has 0 saturated heterocycles. The number of rotatable bonds is 5. The largest absolute Gasteiger partial charge is 0.311 e. The molecule has 3 aromatic rings. The van der Waals surface area contributed by atoms with Crippen LogP contribution in [-0.2, 0) is 4.79 Å². The van der Waals surface area contributed by atoms with E-state index in [1.807, 2.05) is 55.5 Å². The molecule has 0 heterocycles. The molecule has 0 aliphatic heterocycles. The summed E-state index contributed by atoms with van der Waals surface area (Å²) in [7, 11) is 0. The Morgan fingerprint density at radius 2 is 1.13 bits per heavy atom. The van der Waals surface area contributed by atoms with Crippen LogP contribution in [0.3, 0.4) is 0 Å². The summed E-state index contributed by atoms with van der Waals surface area (Å²) in [6, 6.07) is 28.7. The number of carbonyl (C=O) groups excluding carboxylic acids is 1. The normalized spacial score (nSPS) is 11.7. The van der Waals surface area contributed by atoms with Gasteiger partial charge in [0.2, 0.25) is 0 Å². The molecule has 1 unspecified atom stereocenters. The van der Waals surface area contributed by atoms with Crippen LogP contribution in [0.4, 0.5) is 17.1 Å². The van der Waals surface area contributed by atoms with Crippen LogP contribution in [0.5, 0.6) is 0 Å². The highest BCUT2D eigenvalue weighted by atomic mass is 16.1. The molecular weight excluding hydrogens is 282 g/mol. The lowest BCUT2D eigenvalue weighted by Crippen LogP contribution is -2.09. The fourth-order valence-corrected chi connectivity index (χ4v) is 2.61. The number of aldehydes is 1. The van der Waals surface area contributed by atoms with Gasteiger partial charge in [-0.2, -0.15) is 0 Å². The van der Waals surface area contributed by atoms with Crippen molar-refractivity contribution < 1.29 is 4.79 Å². The summed E-state index contributed by atoms with van der Waals surface area (Å²) in [6.07, 6.45) is 0.973. The highest BCUT2D eigenvalue weighted by Gasteiger charge is 2.12. The van der Waals surface area contributed by atoms with Crippen molar-refractivity contribution in [3.05, 3.63) is 90.5 Å². The Balaban J connectivity index is 2.04. The van der Waals surface area contributed by atoms with Crippen molar-refractivity contribution in [2.45, 2.75) is 12.8 Å². The zero-order chi connectivity index (χ0) is 16.1. The van der Waals surface area contributed by atoms with E-state index in [0.29, 0.717) is 0 Å². The number of para-hydroxylation sites is 2. The average molecular weight is 301 g/mol. The third kappa shape index (κ3) is 3.32. The number of hydrogen-bond donors (Lipinski definition) is 0. The van der Waals surface area contributed by atoms with Crippen LogP contribution < -0.4 is 4.90 Å². The van der Waals surface area contributed by atoms with E-state index >= 15 is 0 Å². The third-order valence-corrected chi connectivity index (χ3v) is 3.91. The van der Waals surface area contributed by atoms with Gasteiger partial charge in [0.05, 0.1) is 0 Å². The SMILES string of the molecule is CC(C=O)c1ccc(N(c2ccccc2)c2ccccc2)cc1. The lowest BCUT2D eigenvalue weighted by molar-refractivity contribution is -0.108. The van der Waals surface area contributed by atoms with E-state index < -0.39 is 0 Å². The van der Waals surface area contributed by atoms with Crippen molar-refractivity contribution in [2.24, 2.45) is 0 Å². The lowest BCUT2D eigenvalue weighted by Gasteiger charge is -2.25. The van der Waals surface area contributed by atoms with E-state index in [1.165, 1.54) is 0 Å². The van der Waals surface area contributed by atoms with Crippen LogP contribution in [0.25, 0.3) is 0 Å². The van der Waals surface area contributed by atoms with Crippen molar-refractivity contribution in [1.29, 1.82) is 0 Å². The smallest absolute Gasteiger partial charge is 0.127 e. The zero-order valence-corrected chi connectivity index (χ0v) is 13.1. The maximum Gasteiger partial charge on any atom is 0.127 e. The molecule has 0 aliphatic carbocycles. The second kappa shape index (κ2) is 6.93. The predicted octanol–water partition coefficient (Wildman–Crippen LogP) is 5.46. The van der Waals surface area contributed by atoms with Gasteiger partial charge in [0.25, 0.3) is 0 Å². The summed E-state index contributed by atoms with van der Waals surface area (Å²) in [6.45, 7) is 1.91. The van der Waals surface area contributed by atoms with Gasteiger partial charge in [0, 0.05) is 23.0 Å². The predicted molar refractivity (Wildman–Crippen MR) is 95.6 cm³/mol. The Morgan fingerprint density at radius 1 is 0.696 bits per heavy atom. The summed E-state index contributed by atoms with van der Waals surface area (Å²) < 4.78 is 0. The molecule has 3 aromatic carbocycles. The summed E-state index contributed by atoms with van der Waals surface area (Å²) in [4.78, 5) is 13.2. The maximum atomic E-state index is 11.0. The second-order valence-corrected chi connectivity index (χ2v) is 5.52. The highest BCUT2D eigenvalue weighted by molar-refractivity contribution is 5.76. The number of benzene rings is 3. The molecule has 0 radical (unpaired) electrons. The standard InChI is InChI=1S/C21H19NO/c1-17(16-23)18-12-14-21(15-13-18)22(19-8-4-2-5-9-19)20-10-6-3-7-11-20/h2-17H,1H3. The highest BCUT2D eigenvalue weighted by Crippen LogP contribution is 2.34. The Morgan fingerprint density at radius 3 is 1.57 bits per heavy atom. The van der Waals surface area contributed by atoms with Gasteiger partial charge in [0.15, 0.2) is 0 Å². The number of carbonyl (C=O) groups is 1. The van der Waals surface area contributed by atoms with Gasteiger partial charge in [-0.1, -0.05) is 55.5 Å². The summed E-state index contributed by atoms with van der Waals surface area (Å²) in [5, 5.41) is 0.